The van der Waals surface area contributed by atoms with Crippen LogP contribution >= 0.6 is 0 Å². The molecule has 0 saturated carbocycles. The molecule has 0 amide bonds. The predicted molar refractivity (Wildman–Crippen MR) is 137 cm³/mol. The zero-order chi connectivity index (χ0) is 27.8. The van der Waals surface area contributed by atoms with E-state index in [1.807, 2.05) is 11.0 Å². The summed E-state index contributed by atoms with van der Waals surface area (Å²) in [6.07, 6.45) is 1.71. The Morgan fingerprint density at radius 1 is 1.18 bits per heavy atom. The first-order valence-corrected chi connectivity index (χ1v) is 14.5. The highest BCUT2D eigenvalue weighted by molar-refractivity contribution is 7.90. The molecule has 0 fully saturated rings. The smallest absolute Gasteiger partial charge is 0.451 e. The predicted octanol–water partition coefficient (Wildman–Crippen LogP) is 2.87. The molecule has 14 heteroatoms. The Bertz CT molecular complexity index is 1200. The summed E-state index contributed by atoms with van der Waals surface area (Å²) in [5.74, 6) is -2.04. The minimum Gasteiger partial charge on any atom is -0.480 e. The van der Waals surface area contributed by atoms with Crippen molar-refractivity contribution in [1.29, 1.82) is 0 Å². The third kappa shape index (κ3) is 9.71. The van der Waals surface area contributed by atoms with Crippen molar-refractivity contribution in [3.63, 3.8) is 0 Å². The molecule has 1 unspecified atom stereocenters. The van der Waals surface area contributed by atoms with Gasteiger partial charge >= 0.3 is 12.1 Å². The van der Waals surface area contributed by atoms with Gasteiger partial charge in [0.25, 0.3) is 0 Å². The quantitative estimate of drug-likeness (QED) is 0.297. The Hall–Kier alpha value is -3.00. The molecule has 3 N–H and O–H groups in total. The average molecular weight is 559 g/mol. The van der Waals surface area contributed by atoms with Gasteiger partial charge in [-0.2, -0.15) is 13.2 Å². The number of aromatic nitrogens is 3. The van der Waals surface area contributed by atoms with Gasteiger partial charge in [-0.25, -0.2) is 28.2 Å². The molecule has 0 spiro atoms. The summed E-state index contributed by atoms with van der Waals surface area (Å²) in [5, 5.41) is 15.4. The van der Waals surface area contributed by atoms with E-state index in [0.717, 1.165) is 68.7 Å². The Morgan fingerprint density at radius 3 is 2.68 bits per heavy atom. The minimum atomic E-state index is -4.76. The van der Waals surface area contributed by atoms with E-state index in [0.29, 0.717) is 6.54 Å². The van der Waals surface area contributed by atoms with Gasteiger partial charge in [-0.3, -0.25) is 0 Å². The van der Waals surface area contributed by atoms with Gasteiger partial charge in [0, 0.05) is 37.8 Å². The zero-order valence-electron chi connectivity index (χ0n) is 21.2. The van der Waals surface area contributed by atoms with Gasteiger partial charge in [0.2, 0.25) is 5.82 Å². The van der Waals surface area contributed by atoms with Gasteiger partial charge in [-0.05, 0) is 62.8 Å². The lowest BCUT2D eigenvalue weighted by atomic mass is 10.1. The number of carbonyl (C=O) groups is 1. The van der Waals surface area contributed by atoms with Crippen molar-refractivity contribution in [2.24, 2.45) is 0 Å². The molecule has 10 nitrogen and oxygen atoms in total. The summed E-state index contributed by atoms with van der Waals surface area (Å²) >= 11 is 0. The molecule has 38 heavy (non-hydrogen) atoms. The van der Waals surface area contributed by atoms with E-state index in [2.05, 4.69) is 31.7 Å². The van der Waals surface area contributed by atoms with Crippen molar-refractivity contribution >= 4 is 27.4 Å². The molecule has 2 aromatic heterocycles. The van der Waals surface area contributed by atoms with Gasteiger partial charge in [-0.1, -0.05) is 6.07 Å². The largest absolute Gasteiger partial charge is 0.480 e. The van der Waals surface area contributed by atoms with E-state index in [-0.39, 0.29) is 31.1 Å². The minimum absolute atomic E-state index is 0.0303. The first kappa shape index (κ1) is 29.6. The number of hydrogen-bond acceptors (Lipinski definition) is 9. The number of hydrogen-bond donors (Lipinski definition) is 3. The van der Waals surface area contributed by atoms with Gasteiger partial charge < -0.3 is 20.6 Å². The third-order valence-corrected chi connectivity index (χ3v) is 7.07. The Kier molecular flexibility index (Phi) is 10.3. The van der Waals surface area contributed by atoms with E-state index in [1.165, 1.54) is 5.56 Å². The van der Waals surface area contributed by atoms with Crippen LogP contribution < -0.4 is 10.6 Å². The summed E-state index contributed by atoms with van der Waals surface area (Å²) in [7, 11) is -3.24. The number of unbranched alkanes of at least 4 members (excludes halogenated alkanes) is 1. The van der Waals surface area contributed by atoms with Crippen LogP contribution in [0.5, 0.6) is 0 Å². The van der Waals surface area contributed by atoms with E-state index in [1.54, 1.807) is 0 Å². The molecule has 1 atom stereocenters. The van der Waals surface area contributed by atoms with Crippen LogP contribution in [0, 0.1) is 0 Å². The second-order valence-corrected chi connectivity index (χ2v) is 11.6. The van der Waals surface area contributed by atoms with E-state index < -0.39 is 33.8 Å². The summed E-state index contributed by atoms with van der Waals surface area (Å²) < 4.78 is 62.1. The van der Waals surface area contributed by atoms with Crippen molar-refractivity contribution in [3.8, 4) is 0 Å². The van der Waals surface area contributed by atoms with Gasteiger partial charge in [0.15, 0.2) is 0 Å². The summed E-state index contributed by atoms with van der Waals surface area (Å²) in [6, 6.07) is 4.06. The zero-order valence-corrected chi connectivity index (χ0v) is 22.0. The molecular formula is C24H33F3N6O4S. The van der Waals surface area contributed by atoms with Crippen molar-refractivity contribution in [1.82, 2.24) is 19.9 Å². The van der Waals surface area contributed by atoms with Crippen LogP contribution in [0.4, 0.5) is 24.8 Å². The van der Waals surface area contributed by atoms with Crippen LogP contribution in [0.3, 0.4) is 0 Å². The van der Waals surface area contributed by atoms with Crippen molar-refractivity contribution in [2.75, 3.05) is 48.8 Å². The summed E-state index contributed by atoms with van der Waals surface area (Å²) in [4.78, 5) is 24.9. The monoisotopic (exact) mass is 558 g/mol. The average Bonchev–Trinajstić information content (AvgIpc) is 2.85. The van der Waals surface area contributed by atoms with Crippen LogP contribution in [0.25, 0.3) is 0 Å². The van der Waals surface area contributed by atoms with Crippen LogP contribution in [0.15, 0.2) is 24.4 Å². The highest BCUT2D eigenvalue weighted by Gasteiger charge is 2.35. The first-order chi connectivity index (χ1) is 17.9. The number of aryl methyl sites for hydroxylation is 2. The number of nitrogens with zero attached hydrogens (tertiary/aromatic N) is 4. The van der Waals surface area contributed by atoms with Crippen LogP contribution in [0.2, 0.25) is 0 Å². The molecule has 0 aromatic carbocycles. The number of alkyl halides is 3. The number of rotatable bonds is 14. The SMILES string of the molecule is CS(=O)(=O)CCN(CCCCc1ccc2c(n1)NCCC2)CCC(Nc1ccnc(C(F)(F)F)n1)C(=O)O. The second-order valence-electron chi connectivity index (χ2n) is 9.36. The standard InChI is InChI=1S/C24H33F3N6O4S/c1-38(36,37)16-15-33(13-3-2-6-18-8-7-17-5-4-11-28-21(17)30-18)14-10-19(22(34)35)31-20-9-12-29-23(32-20)24(25,26)27/h7-9,12,19H,2-6,10-11,13-16H2,1H3,(H,28,30)(H,34,35)(H,29,31,32). The molecule has 0 saturated heterocycles. The maximum Gasteiger partial charge on any atom is 0.451 e. The third-order valence-electron chi connectivity index (χ3n) is 6.15. The van der Waals surface area contributed by atoms with Gasteiger partial charge in [0.05, 0.1) is 5.75 Å². The molecule has 3 heterocycles. The van der Waals surface area contributed by atoms with Crippen molar-refractivity contribution in [2.45, 2.75) is 50.7 Å². The fourth-order valence-electron chi connectivity index (χ4n) is 4.10. The number of carboxylic acids is 1. The highest BCUT2D eigenvalue weighted by atomic mass is 32.2. The lowest BCUT2D eigenvalue weighted by molar-refractivity contribution is -0.144. The van der Waals surface area contributed by atoms with Crippen molar-refractivity contribution in [3.05, 3.63) is 41.5 Å². The van der Waals surface area contributed by atoms with E-state index in [4.69, 9.17) is 0 Å². The molecule has 3 rings (SSSR count). The Morgan fingerprint density at radius 2 is 1.97 bits per heavy atom. The lowest BCUT2D eigenvalue weighted by Crippen LogP contribution is -2.37. The number of halogens is 3. The molecule has 1 aliphatic heterocycles. The second kappa shape index (κ2) is 13.2. The molecular weight excluding hydrogens is 525 g/mol. The van der Waals surface area contributed by atoms with Crippen LogP contribution in [0.1, 0.15) is 42.8 Å². The van der Waals surface area contributed by atoms with Gasteiger partial charge in [0.1, 0.15) is 27.5 Å². The molecule has 2 aromatic rings. The van der Waals surface area contributed by atoms with Gasteiger partial charge in [-0.15, -0.1) is 0 Å². The van der Waals surface area contributed by atoms with Crippen LogP contribution in [-0.2, 0) is 33.6 Å². The Labute approximate surface area is 220 Å². The number of sulfone groups is 1. The maximum atomic E-state index is 12.9. The summed E-state index contributed by atoms with van der Waals surface area (Å²) in [6.45, 7) is 1.90. The number of nitrogens with one attached hydrogen (secondary N) is 2. The fourth-order valence-corrected chi connectivity index (χ4v) is 4.69. The normalized spacial score (nSPS) is 14.6. The van der Waals surface area contributed by atoms with Crippen molar-refractivity contribution < 1.29 is 31.5 Å². The highest BCUT2D eigenvalue weighted by Crippen LogP contribution is 2.26. The molecule has 1 aliphatic rings. The molecule has 210 valence electrons. The van der Waals surface area contributed by atoms with E-state index >= 15 is 0 Å². The lowest BCUT2D eigenvalue weighted by Gasteiger charge is -2.24. The Balaban J connectivity index is 1.56. The molecule has 0 bridgehead atoms. The topological polar surface area (TPSA) is 137 Å². The number of pyridine rings is 1. The fraction of sp³-hybridized carbons (Fsp3) is 0.583. The number of anilines is 2. The molecule has 0 radical (unpaired) electrons. The first-order valence-electron chi connectivity index (χ1n) is 12.4. The number of fused-ring (bicyclic) bond motifs is 1. The van der Waals surface area contributed by atoms with Crippen LogP contribution in [-0.4, -0.2) is 83.6 Å². The molecule has 0 aliphatic carbocycles. The van der Waals surface area contributed by atoms with E-state index in [9.17, 15) is 31.5 Å². The summed E-state index contributed by atoms with van der Waals surface area (Å²) in [5.41, 5.74) is 2.18. The number of carboxylic acid groups (broad SMARTS) is 1. The number of aliphatic carboxylic acids is 1. The maximum absolute atomic E-state index is 12.9.